The Balaban J connectivity index is 1.25. The van der Waals surface area contributed by atoms with Crippen LogP contribution in [0.2, 0.25) is 5.02 Å². The standard InChI is InChI=1S/C22H21ClFN5O3S/c23-19-12-17(29(31)32)5-6-18(19)21(30)25-13-15-7-9-28(10-8-15)22-26-20(27-33-22)11-14-1-3-16(24)4-2-14/h1-6,12,15H,7-11,13H2,(H,25,30). The Morgan fingerprint density at radius 1 is 1.24 bits per heavy atom. The average molecular weight is 490 g/mol. The maximum atomic E-state index is 13.1. The third kappa shape index (κ3) is 5.82. The summed E-state index contributed by atoms with van der Waals surface area (Å²) in [6.07, 6.45) is 2.34. The summed E-state index contributed by atoms with van der Waals surface area (Å²) in [5.74, 6) is 0.428. The first-order chi connectivity index (χ1) is 15.9. The van der Waals surface area contributed by atoms with E-state index in [1.54, 1.807) is 12.1 Å². The molecular formula is C22H21ClFN5O3S. The van der Waals surface area contributed by atoms with Crippen molar-refractivity contribution in [1.82, 2.24) is 14.7 Å². The van der Waals surface area contributed by atoms with Crippen molar-refractivity contribution in [1.29, 1.82) is 0 Å². The molecule has 1 saturated heterocycles. The van der Waals surface area contributed by atoms with Crippen molar-refractivity contribution in [2.45, 2.75) is 19.3 Å². The molecule has 1 aromatic heterocycles. The van der Waals surface area contributed by atoms with Crippen LogP contribution in [0.1, 0.15) is 34.6 Å². The topological polar surface area (TPSA) is 101 Å². The van der Waals surface area contributed by atoms with Crippen molar-refractivity contribution >= 4 is 39.9 Å². The molecule has 0 atom stereocenters. The van der Waals surface area contributed by atoms with Crippen LogP contribution >= 0.6 is 23.1 Å². The number of amides is 1. The fourth-order valence-corrected chi connectivity index (χ4v) is 4.69. The highest BCUT2D eigenvalue weighted by molar-refractivity contribution is 7.09. The minimum Gasteiger partial charge on any atom is -0.352 e. The van der Waals surface area contributed by atoms with E-state index in [1.165, 1.54) is 41.9 Å². The number of halogens is 2. The number of rotatable bonds is 7. The first-order valence-corrected chi connectivity index (χ1v) is 11.6. The molecule has 2 heterocycles. The molecule has 2 aromatic carbocycles. The molecule has 1 aliphatic heterocycles. The maximum absolute atomic E-state index is 13.1. The van der Waals surface area contributed by atoms with E-state index >= 15 is 0 Å². The van der Waals surface area contributed by atoms with Crippen molar-refractivity contribution in [2.24, 2.45) is 5.92 Å². The number of nitrogens with one attached hydrogen (secondary N) is 1. The molecular weight excluding hydrogens is 469 g/mol. The second-order valence-corrected chi connectivity index (χ2v) is 9.00. The van der Waals surface area contributed by atoms with Gasteiger partial charge >= 0.3 is 0 Å². The predicted octanol–water partition coefficient (Wildman–Crippen LogP) is 4.48. The van der Waals surface area contributed by atoms with Gasteiger partial charge in [-0.2, -0.15) is 4.37 Å². The first kappa shape index (κ1) is 23.1. The zero-order chi connectivity index (χ0) is 23.4. The number of anilines is 1. The molecule has 0 unspecified atom stereocenters. The Bertz CT molecular complexity index is 1150. The SMILES string of the molecule is O=C(NCC1CCN(c2nc(Cc3ccc(F)cc3)ns2)CC1)c1ccc([N+](=O)[O-])cc1Cl. The van der Waals surface area contributed by atoms with Crippen LogP contribution in [0.25, 0.3) is 0 Å². The van der Waals surface area contributed by atoms with Gasteiger partial charge in [0, 0.05) is 49.7 Å². The van der Waals surface area contributed by atoms with Gasteiger partial charge in [0.15, 0.2) is 0 Å². The molecule has 1 amide bonds. The van der Waals surface area contributed by atoms with Gasteiger partial charge in [0.05, 0.1) is 15.5 Å². The van der Waals surface area contributed by atoms with Crippen LogP contribution in [0.4, 0.5) is 15.2 Å². The largest absolute Gasteiger partial charge is 0.352 e. The maximum Gasteiger partial charge on any atom is 0.270 e. The fourth-order valence-electron chi connectivity index (χ4n) is 3.69. The van der Waals surface area contributed by atoms with Gasteiger partial charge in [-0.05, 0) is 42.5 Å². The second-order valence-electron chi connectivity index (χ2n) is 7.86. The van der Waals surface area contributed by atoms with Gasteiger partial charge in [-0.1, -0.05) is 23.7 Å². The van der Waals surface area contributed by atoms with Gasteiger partial charge in [-0.3, -0.25) is 14.9 Å². The molecule has 8 nitrogen and oxygen atoms in total. The van der Waals surface area contributed by atoms with Gasteiger partial charge in [-0.15, -0.1) is 0 Å². The van der Waals surface area contributed by atoms with Crippen LogP contribution in [-0.2, 0) is 6.42 Å². The monoisotopic (exact) mass is 489 g/mol. The second kappa shape index (κ2) is 10.2. The van der Waals surface area contributed by atoms with Gasteiger partial charge < -0.3 is 10.2 Å². The summed E-state index contributed by atoms with van der Waals surface area (Å²) in [5.41, 5.74) is 1.03. The summed E-state index contributed by atoms with van der Waals surface area (Å²) in [6, 6.07) is 10.2. The molecule has 1 aliphatic rings. The lowest BCUT2D eigenvalue weighted by Gasteiger charge is -2.31. The number of aromatic nitrogens is 2. The molecule has 0 radical (unpaired) electrons. The number of carbonyl (C=O) groups is 1. The van der Waals surface area contributed by atoms with Crippen LogP contribution in [0.5, 0.6) is 0 Å². The lowest BCUT2D eigenvalue weighted by molar-refractivity contribution is -0.384. The van der Waals surface area contributed by atoms with E-state index < -0.39 is 4.92 Å². The highest BCUT2D eigenvalue weighted by Gasteiger charge is 2.23. The fraction of sp³-hybridized carbons (Fsp3) is 0.318. The molecule has 4 rings (SSSR count). The third-order valence-electron chi connectivity index (χ3n) is 5.58. The van der Waals surface area contributed by atoms with Gasteiger partial charge in [0.1, 0.15) is 11.6 Å². The van der Waals surface area contributed by atoms with Crippen LogP contribution in [-0.4, -0.2) is 39.8 Å². The normalized spacial score (nSPS) is 14.3. The Kier molecular flexibility index (Phi) is 7.14. The van der Waals surface area contributed by atoms with Gasteiger partial charge in [-0.25, -0.2) is 9.37 Å². The van der Waals surface area contributed by atoms with E-state index in [1.807, 2.05) is 0 Å². The van der Waals surface area contributed by atoms with Gasteiger partial charge in [0.25, 0.3) is 11.6 Å². The quantitative estimate of drug-likeness (QED) is 0.388. The molecule has 0 aliphatic carbocycles. The van der Waals surface area contributed by atoms with E-state index in [0.29, 0.717) is 18.9 Å². The zero-order valence-corrected chi connectivity index (χ0v) is 19.1. The zero-order valence-electron chi connectivity index (χ0n) is 17.5. The van der Waals surface area contributed by atoms with Gasteiger partial charge in [0.2, 0.25) is 5.13 Å². The predicted molar refractivity (Wildman–Crippen MR) is 124 cm³/mol. The molecule has 33 heavy (non-hydrogen) atoms. The number of nitro groups is 1. The molecule has 3 aromatic rings. The molecule has 1 fully saturated rings. The number of non-ortho nitro benzene ring substituents is 1. The van der Waals surface area contributed by atoms with E-state index in [2.05, 4.69) is 19.6 Å². The average Bonchev–Trinajstić information content (AvgIpc) is 3.27. The highest BCUT2D eigenvalue weighted by atomic mass is 35.5. The van der Waals surface area contributed by atoms with Crippen molar-refractivity contribution in [2.75, 3.05) is 24.5 Å². The number of nitro benzene ring substituents is 1. The van der Waals surface area contributed by atoms with E-state index in [4.69, 9.17) is 11.6 Å². The first-order valence-electron chi connectivity index (χ1n) is 10.4. The Morgan fingerprint density at radius 2 is 1.97 bits per heavy atom. The summed E-state index contributed by atoms with van der Waals surface area (Å²) < 4.78 is 17.5. The Morgan fingerprint density at radius 3 is 2.64 bits per heavy atom. The summed E-state index contributed by atoms with van der Waals surface area (Å²) in [6.45, 7) is 2.12. The Labute approximate surface area is 198 Å². The van der Waals surface area contributed by atoms with Crippen LogP contribution < -0.4 is 10.2 Å². The van der Waals surface area contributed by atoms with Crippen molar-refractivity contribution in [3.63, 3.8) is 0 Å². The molecule has 0 bridgehead atoms. The minimum atomic E-state index is -0.551. The van der Waals surface area contributed by atoms with Crippen molar-refractivity contribution < 1.29 is 14.1 Å². The van der Waals surface area contributed by atoms with Crippen LogP contribution in [0.15, 0.2) is 42.5 Å². The molecule has 0 spiro atoms. The molecule has 0 saturated carbocycles. The molecule has 11 heteroatoms. The van der Waals surface area contributed by atoms with Crippen LogP contribution in [0.3, 0.4) is 0 Å². The number of piperidine rings is 1. The molecule has 1 N–H and O–H groups in total. The number of carbonyl (C=O) groups excluding carboxylic acids is 1. The van der Waals surface area contributed by atoms with E-state index in [-0.39, 0.29) is 28.0 Å². The van der Waals surface area contributed by atoms with E-state index in [9.17, 15) is 19.3 Å². The lowest BCUT2D eigenvalue weighted by atomic mass is 9.97. The summed E-state index contributed by atoms with van der Waals surface area (Å²) in [7, 11) is 0. The number of nitrogens with zero attached hydrogens (tertiary/aromatic N) is 4. The van der Waals surface area contributed by atoms with E-state index in [0.717, 1.165) is 42.5 Å². The number of benzene rings is 2. The Hall–Kier alpha value is -3.11. The summed E-state index contributed by atoms with van der Waals surface area (Å²) >= 11 is 7.39. The summed E-state index contributed by atoms with van der Waals surface area (Å²) in [5, 5.41) is 14.6. The number of hydrogen-bond acceptors (Lipinski definition) is 7. The minimum absolute atomic E-state index is 0.0595. The van der Waals surface area contributed by atoms with Crippen LogP contribution in [0, 0.1) is 21.8 Å². The lowest BCUT2D eigenvalue weighted by Crippen LogP contribution is -2.38. The van der Waals surface area contributed by atoms with Crippen molar-refractivity contribution in [3.8, 4) is 0 Å². The smallest absolute Gasteiger partial charge is 0.270 e. The number of hydrogen-bond donors (Lipinski definition) is 1. The summed E-state index contributed by atoms with van der Waals surface area (Å²) in [4.78, 5) is 29.5. The molecule has 172 valence electrons. The van der Waals surface area contributed by atoms with Crippen molar-refractivity contribution in [3.05, 3.63) is 80.4 Å². The highest BCUT2D eigenvalue weighted by Crippen LogP contribution is 2.26. The third-order valence-corrected chi connectivity index (χ3v) is 6.70.